The van der Waals surface area contributed by atoms with Gasteiger partial charge in [-0.05, 0) is 57.5 Å². The number of nitrogens with two attached hydrogens (primary N) is 1. The van der Waals surface area contributed by atoms with Crippen molar-refractivity contribution < 1.29 is 39.6 Å². The van der Waals surface area contributed by atoms with E-state index in [1.54, 1.807) is 20.2 Å². The third-order valence-electron chi connectivity index (χ3n) is 7.58. The monoisotopic (exact) mass is 600 g/mol. The number of anilines is 1. The predicted molar refractivity (Wildman–Crippen MR) is 151 cm³/mol. The number of nitrogens with one attached hydrogen (secondary N) is 2. The zero-order valence-corrected chi connectivity index (χ0v) is 23.8. The second kappa shape index (κ2) is 12.1. The maximum atomic E-state index is 13.8. The van der Waals surface area contributed by atoms with Crippen LogP contribution < -0.4 is 16.4 Å². The van der Waals surface area contributed by atoms with Gasteiger partial charge in [-0.3, -0.25) is 24.1 Å². The molecule has 14 heteroatoms. The Bertz CT molecular complexity index is 1310. The van der Waals surface area contributed by atoms with Gasteiger partial charge in [0.05, 0.1) is 23.8 Å². The molecule has 2 amide bonds. The molecule has 0 radical (unpaired) electrons. The number of primary amides is 1. The van der Waals surface area contributed by atoms with Crippen LogP contribution in [0.3, 0.4) is 0 Å². The third kappa shape index (κ3) is 5.06. The highest BCUT2D eigenvalue weighted by Crippen LogP contribution is 2.53. The number of aromatic hydroxyl groups is 1. The molecule has 3 aliphatic carbocycles. The lowest BCUT2D eigenvalue weighted by molar-refractivity contribution is -0.153. The Hall–Kier alpha value is -3.16. The number of aliphatic hydroxyl groups excluding tert-OH is 2. The van der Waals surface area contributed by atoms with Gasteiger partial charge in [-0.2, -0.15) is 0 Å². The number of fused-ring (bicyclic) bond motifs is 3. The number of amides is 2. The Morgan fingerprint density at radius 1 is 1.15 bits per heavy atom. The minimum absolute atomic E-state index is 0. The van der Waals surface area contributed by atoms with E-state index in [1.807, 2.05) is 6.92 Å². The van der Waals surface area contributed by atoms with Gasteiger partial charge in [-0.25, -0.2) is 0 Å². The fraction of sp³-hybridized carbons (Fsp3) is 0.462. The van der Waals surface area contributed by atoms with Crippen molar-refractivity contribution in [3.05, 3.63) is 40.2 Å². The first kappa shape index (κ1) is 33.0. The largest absolute Gasteiger partial charge is 0.508 e. The number of ketones is 2. The van der Waals surface area contributed by atoms with Gasteiger partial charge in [0.1, 0.15) is 22.8 Å². The summed E-state index contributed by atoms with van der Waals surface area (Å²) in [6.45, 7) is 2.58. The summed E-state index contributed by atoms with van der Waals surface area (Å²) in [5.41, 5.74) is 1.94. The molecule has 8 N–H and O–H groups in total. The number of hydrogen-bond acceptors (Lipinski definition) is 10. The average Bonchev–Trinajstić information content (AvgIpc) is 2.83. The second-order valence-corrected chi connectivity index (χ2v) is 10.2. The van der Waals surface area contributed by atoms with Gasteiger partial charge in [0, 0.05) is 11.5 Å². The van der Waals surface area contributed by atoms with Crippen LogP contribution in [0.2, 0.25) is 0 Å². The summed E-state index contributed by atoms with van der Waals surface area (Å²) in [5, 5.41) is 50.1. The summed E-state index contributed by atoms with van der Waals surface area (Å²) in [5.74, 6) is -7.61. The van der Waals surface area contributed by atoms with Gasteiger partial charge < -0.3 is 36.8 Å². The Kier molecular flexibility index (Phi) is 10.0. The number of benzene rings is 1. The number of carbonyl (C=O) groups is 4. The van der Waals surface area contributed by atoms with Gasteiger partial charge in [0.15, 0.2) is 11.4 Å². The van der Waals surface area contributed by atoms with Gasteiger partial charge >= 0.3 is 0 Å². The summed E-state index contributed by atoms with van der Waals surface area (Å²) >= 11 is 0. The van der Waals surface area contributed by atoms with Crippen LogP contribution in [0.1, 0.15) is 30.9 Å². The molecule has 0 bridgehead atoms. The first-order chi connectivity index (χ1) is 17.9. The molecule has 2 unspecified atom stereocenters. The van der Waals surface area contributed by atoms with Crippen molar-refractivity contribution in [3.8, 4) is 5.75 Å². The molecule has 3 aliphatic rings. The van der Waals surface area contributed by atoms with Crippen LogP contribution >= 0.6 is 24.8 Å². The fourth-order valence-electron chi connectivity index (χ4n) is 5.89. The summed E-state index contributed by atoms with van der Waals surface area (Å²) in [6.07, 6.45) is 1.01. The second-order valence-electron chi connectivity index (χ2n) is 10.2. The highest BCUT2D eigenvalue weighted by atomic mass is 35.5. The van der Waals surface area contributed by atoms with Crippen molar-refractivity contribution in [2.24, 2.45) is 17.6 Å². The number of carbonyl (C=O) groups excluding carboxylic acids is 4. The average molecular weight is 601 g/mol. The van der Waals surface area contributed by atoms with E-state index in [1.165, 1.54) is 11.0 Å². The van der Waals surface area contributed by atoms with Crippen LogP contribution in [-0.4, -0.2) is 87.5 Å². The summed E-state index contributed by atoms with van der Waals surface area (Å²) < 4.78 is 0. The van der Waals surface area contributed by atoms with Gasteiger partial charge in [0.25, 0.3) is 5.91 Å². The van der Waals surface area contributed by atoms with Crippen LogP contribution in [-0.2, 0) is 25.6 Å². The predicted octanol–water partition coefficient (Wildman–Crippen LogP) is 0.746. The van der Waals surface area contributed by atoms with Crippen LogP contribution in [0.25, 0.3) is 5.76 Å². The number of rotatable bonds is 7. The SMILES string of the molecule is CCCNCC(=O)Nc1ccc2c(c1O)C(O)=C1C(=O)[C@]3(O)C(O)=C(C(N)=O)C(=O)[C@@H](N(C)C)C3CC1C2.Cl.Cl. The number of nitrogens with zero attached hydrogens (tertiary/aromatic N) is 1. The van der Waals surface area contributed by atoms with E-state index in [-0.39, 0.29) is 61.0 Å². The van der Waals surface area contributed by atoms with Crippen LogP contribution in [0, 0.1) is 11.8 Å². The lowest BCUT2D eigenvalue weighted by Crippen LogP contribution is -2.65. The van der Waals surface area contributed by atoms with E-state index in [0.717, 1.165) is 6.42 Å². The first-order valence-corrected chi connectivity index (χ1v) is 12.4. The number of aliphatic hydroxyl groups is 3. The Morgan fingerprint density at radius 2 is 1.80 bits per heavy atom. The molecule has 0 aromatic heterocycles. The molecule has 1 aromatic rings. The molecule has 0 heterocycles. The number of phenolic OH excluding ortho intramolecular Hbond substituents is 1. The van der Waals surface area contributed by atoms with E-state index in [9.17, 15) is 39.6 Å². The van der Waals surface area contributed by atoms with Gasteiger partial charge in [-0.1, -0.05) is 13.0 Å². The molecule has 4 rings (SSSR count). The van der Waals surface area contributed by atoms with Crippen molar-refractivity contribution in [3.63, 3.8) is 0 Å². The minimum Gasteiger partial charge on any atom is -0.508 e. The lowest BCUT2D eigenvalue weighted by atomic mass is 9.57. The van der Waals surface area contributed by atoms with E-state index in [4.69, 9.17) is 5.73 Å². The molecular weight excluding hydrogens is 567 g/mol. The molecule has 1 fully saturated rings. The zero-order valence-electron chi connectivity index (χ0n) is 22.2. The topological polar surface area (TPSA) is 203 Å². The van der Waals surface area contributed by atoms with Crippen molar-refractivity contribution in [1.82, 2.24) is 10.2 Å². The number of likely N-dealkylation sites (N-methyl/N-ethyl adjacent to an activating group) is 1. The number of halogens is 2. The fourth-order valence-corrected chi connectivity index (χ4v) is 5.89. The molecule has 1 saturated carbocycles. The Labute approximate surface area is 243 Å². The minimum atomic E-state index is -2.70. The molecule has 0 saturated heterocycles. The van der Waals surface area contributed by atoms with Crippen LogP contribution in [0.5, 0.6) is 5.75 Å². The van der Waals surface area contributed by atoms with E-state index in [0.29, 0.717) is 12.1 Å². The molecule has 0 spiro atoms. The highest BCUT2D eigenvalue weighted by Gasteiger charge is 2.64. The maximum absolute atomic E-state index is 13.8. The lowest BCUT2D eigenvalue weighted by Gasteiger charge is -2.50. The molecule has 40 heavy (non-hydrogen) atoms. The van der Waals surface area contributed by atoms with Crippen molar-refractivity contribution in [1.29, 1.82) is 0 Å². The molecule has 4 atom stereocenters. The molecule has 0 aliphatic heterocycles. The van der Waals surface area contributed by atoms with Crippen molar-refractivity contribution >= 4 is 59.6 Å². The number of hydrogen-bond donors (Lipinski definition) is 7. The van der Waals surface area contributed by atoms with Gasteiger partial charge in [0.2, 0.25) is 11.7 Å². The summed E-state index contributed by atoms with van der Waals surface area (Å²) in [6, 6.07) is 1.96. The van der Waals surface area contributed by atoms with Crippen LogP contribution in [0.15, 0.2) is 29.0 Å². The standard InChI is InChI=1S/C26H32N4O8.2ClH/c1-4-7-28-10-15(31)29-14-6-5-11-8-12-9-13-19(30(2)3)22(34)18(25(27)37)24(36)26(13,38)23(35)17(12)21(33)16(11)20(14)32;;/h5-6,12-13,19,28,32-33,36,38H,4,7-10H2,1-3H3,(H2,27,37)(H,29,31);2*1H/t12?,13?,19-,26-;;/m0../s1. The quantitative estimate of drug-likeness (QED) is 0.133. The first-order valence-electron chi connectivity index (χ1n) is 12.4. The Balaban J connectivity index is 0.00000280. The number of Topliss-reactive ketones (excluding diaryl/α,β-unsaturated/α-hetero) is 2. The highest BCUT2D eigenvalue weighted by molar-refractivity contribution is 6.24. The third-order valence-corrected chi connectivity index (χ3v) is 7.58. The van der Waals surface area contributed by atoms with Crippen LogP contribution in [0.4, 0.5) is 5.69 Å². The molecule has 220 valence electrons. The van der Waals surface area contributed by atoms with Gasteiger partial charge in [-0.15, -0.1) is 24.8 Å². The maximum Gasteiger partial charge on any atom is 0.255 e. The zero-order chi connectivity index (χ0) is 28.1. The smallest absolute Gasteiger partial charge is 0.255 e. The van der Waals surface area contributed by atoms with E-state index >= 15 is 0 Å². The molecular formula is C26H34Cl2N4O8. The summed E-state index contributed by atoms with van der Waals surface area (Å²) in [4.78, 5) is 52.6. The molecule has 1 aromatic carbocycles. The Morgan fingerprint density at radius 3 is 2.38 bits per heavy atom. The van der Waals surface area contributed by atoms with Crippen molar-refractivity contribution in [2.45, 2.75) is 37.8 Å². The normalized spacial score (nSPS) is 25.4. The van der Waals surface area contributed by atoms with E-state index in [2.05, 4.69) is 10.6 Å². The molecule has 12 nitrogen and oxygen atoms in total. The van der Waals surface area contributed by atoms with Crippen molar-refractivity contribution in [2.75, 3.05) is 32.5 Å². The number of phenols is 1. The summed E-state index contributed by atoms with van der Waals surface area (Å²) in [7, 11) is 3.08. The van der Waals surface area contributed by atoms with E-state index < -0.39 is 69.7 Å².